The van der Waals surface area contributed by atoms with Crippen LogP contribution in [-0.2, 0) is 16.0 Å². The van der Waals surface area contributed by atoms with Crippen LogP contribution in [0.4, 0.5) is 5.69 Å². The van der Waals surface area contributed by atoms with Gasteiger partial charge in [-0.3, -0.25) is 9.59 Å². The average Bonchev–Trinajstić information content (AvgIpc) is 3.03. The Hall–Kier alpha value is -3.15. The Morgan fingerprint density at radius 3 is 2.33 bits per heavy atom. The molecule has 4 rings (SSSR count). The van der Waals surface area contributed by atoms with Gasteiger partial charge in [0.1, 0.15) is 0 Å². The lowest BCUT2D eigenvalue weighted by molar-refractivity contribution is -0.134. The molecule has 156 valence electrons. The zero-order valence-electron chi connectivity index (χ0n) is 17.1. The maximum atomic E-state index is 12.9. The van der Waals surface area contributed by atoms with Gasteiger partial charge in [-0.1, -0.05) is 31.0 Å². The van der Waals surface area contributed by atoms with E-state index >= 15 is 0 Å². The van der Waals surface area contributed by atoms with Crippen LogP contribution in [0.15, 0.2) is 48.5 Å². The van der Waals surface area contributed by atoms with Gasteiger partial charge in [-0.15, -0.1) is 0 Å². The third-order valence-electron chi connectivity index (χ3n) is 5.85. The summed E-state index contributed by atoms with van der Waals surface area (Å²) < 4.78 is 5.48. The summed E-state index contributed by atoms with van der Waals surface area (Å²) in [7, 11) is 0. The number of likely N-dealkylation sites (tertiary alicyclic amines) is 1. The molecule has 0 radical (unpaired) electrons. The van der Waals surface area contributed by atoms with E-state index in [9.17, 15) is 14.4 Å². The van der Waals surface area contributed by atoms with Crippen LogP contribution in [0.2, 0.25) is 0 Å². The highest BCUT2D eigenvalue weighted by molar-refractivity contribution is 6.02. The minimum Gasteiger partial charge on any atom is -0.445 e. The summed E-state index contributed by atoms with van der Waals surface area (Å²) in [6, 6.07) is 14.0. The SMILES string of the molecule is CC1(C(=O)Nc2ccc(C(=O)N3CCCCCC3)cc2)Cc2ccccc2C(=O)O1. The monoisotopic (exact) mass is 406 g/mol. The van der Waals surface area contributed by atoms with E-state index < -0.39 is 17.5 Å². The van der Waals surface area contributed by atoms with E-state index in [-0.39, 0.29) is 5.91 Å². The van der Waals surface area contributed by atoms with Gasteiger partial charge in [0.2, 0.25) is 0 Å². The highest BCUT2D eigenvalue weighted by Crippen LogP contribution is 2.29. The predicted octanol–water partition coefficient (Wildman–Crippen LogP) is 3.81. The van der Waals surface area contributed by atoms with Gasteiger partial charge in [0.25, 0.3) is 11.8 Å². The Kier molecular flexibility index (Phi) is 5.57. The fourth-order valence-electron chi connectivity index (χ4n) is 4.08. The van der Waals surface area contributed by atoms with Crippen molar-refractivity contribution >= 4 is 23.5 Å². The third kappa shape index (κ3) is 4.08. The molecule has 2 aliphatic heterocycles. The second kappa shape index (κ2) is 8.30. The van der Waals surface area contributed by atoms with Crippen LogP contribution in [0.5, 0.6) is 0 Å². The Bertz CT molecular complexity index is 961. The van der Waals surface area contributed by atoms with Gasteiger partial charge in [-0.25, -0.2) is 4.79 Å². The predicted molar refractivity (Wildman–Crippen MR) is 113 cm³/mol. The van der Waals surface area contributed by atoms with E-state index in [1.165, 1.54) is 12.8 Å². The Morgan fingerprint density at radius 1 is 0.967 bits per heavy atom. The summed E-state index contributed by atoms with van der Waals surface area (Å²) in [6.07, 6.45) is 4.73. The number of fused-ring (bicyclic) bond motifs is 1. The molecule has 2 amide bonds. The average molecular weight is 406 g/mol. The highest BCUT2D eigenvalue weighted by Gasteiger charge is 2.42. The third-order valence-corrected chi connectivity index (χ3v) is 5.85. The zero-order chi connectivity index (χ0) is 21.1. The van der Waals surface area contributed by atoms with Gasteiger partial charge in [-0.2, -0.15) is 0 Å². The van der Waals surface area contributed by atoms with Crippen LogP contribution in [0, 0.1) is 0 Å². The van der Waals surface area contributed by atoms with Crippen molar-refractivity contribution in [1.29, 1.82) is 0 Å². The second-order valence-electron chi connectivity index (χ2n) is 8.19. The fourth-order valence-corrected chi connectivity index (χ4v) is 4.08. The maximum Gasteiger partial charge on any atom is 0.339 e. The molecule has 0 bridgehead atoms. The van der Waals surface area contributed by atoms with Crippen molar-refractivity contribution in [2.45, 2.75) is 44.6 Å². The molecule has 0 saturated carbocycles. The summed E-state index contributed by atoms with van der Waals surface area (Å²) in [5.41, 5.74) is 1.18. The van der Waals surface area contributed by atoms with E-state index in [2.05, 4.69) is 5.32 Å². The van der Waals surface area contributed by atoms with Crippen molar-refractivity contribution in [2.24, 2.45) is 0 Å². The molecule has 1 atom stereocenters. The standard InChI is InChI=1S/C24H26N2O4/c1-24(16-18-8-4-5-9-20(18)22(28)30-24)23(29)25-19-12-10-17(11-13-19)21(27)26-14-6-2-3-7-15-26/h4-5,8-13H,2-3,6-7,14-16H2,1H3,(H,25,29). The van der Waals surface area contributed by atoms with E-state index in [0.29, 0.717) is 23.2 Å². The number of cyclic esters (lactones) is 1. The Labute approximate surface area is 176 Å². The number of hydrogen-bond donors (Lipinski definition) is 1. The molecule has 30 heavy (non-hydrogen) atoms. The number of esters is 1. The molecular weight excluding hydrogens is 380 g/mol. The van der Waals surface area contributed by atoms with Gasteiger partial charge in [0.05, 0.1) is 5.56 Å². The smallest absolute Gasteiger partial charge is 0.339 e. The summed E-state index contributed by atoms with van der Waals surface area (Å²) in [4.78, 5) is 39.8. The Balaban J connectivity index is 1.44. The summed E-state index contributed by atoms with van der Waals surface area (Å²) in [5, 5.41) is 2.82. The minimum absolute atomic E-state index is 0.0274. The minimum atomic E-state index is -1.29. The number of benzene rings is 2. The number of ether oxygens (including phenoxy) is 1. The molecule has 1 N–H and O–H groups in total. The van der Waals surface area contributed by atoms with Crippen molar-refractivity contribution in [3.63, 3.8) is 0 Å². The van der Waals surface area contributed by atoms with E-state index in [4.69, 9.17) is 4.74 Å². The molecule has 0 aromatic heterocycles. The number of nitrogens with zero attached hydrogens (tertiary/aromatic N) is 1. The lowest BCUT2D eigenvalue weighted by Gasteiger charge is -2.33. The summed E-state index contributed by atoms with van der Waals surface area (Å²) in [6.45, 7) is 3.21. The van der Waals surface area contributed by atoms with E-state index in [1.54, 1.807) is 43.3 Å². The molecule has 6 heteroatoms. The molecule has 1 unspecified atom stereocenters. The van der Waals surface area contributed by atoms with Gasteiger partial charge < -0.3 is 15.0 Å². The van der Waals surface area contributed by atoms with Crippen molar-refractivity contribution in [1.82, 2.24) is 4.90 Å². The number of amides is 2. The van der Waals surface area contributed by atoms with Crippen LogP contribution in [0.25, 0.3) is 0 Å². The molecule has 2 aliphatic rings. The van der Waals surface area contributed by atoms with Crippen molar-refractivity contribution in [3.8, 4) is 0 Å². The lowest BCUT2D eigenvalue weighted by Crippen LogP contribution is -2.48. The first-order valence-corrected chi connectivity index (χ1v) is 10.5. The number of rotatable bonds is 3. The van der Waals surface area contributed by atoms with Gasteiger partial charge in [0, 0.05) is 30.8 Å². The highest BCUT2D eigenvalue weighted by atomic mass is 16.6. The van der Waals surface area contributed by atoms with Crippen molar-refractivity contribution in [3.05, 3.63) is 65.2 Å². The van der Waals surface area contributed by atoms with Crippen LogP contribution >= 0.6 is 0 Å². The first-order valence-electron chi connectivity index (χ1n) is 10.5. The fraction of sp³-hybridized carbons (Fsp3) is 0.375. The van der Waals surface area contributed by atoms with Crippen LogP contribution in [-0.4, -0.2) is 41.4 Å². The van der Waals surface area contributed by atoms with Gasteiger partial charge in [0.15, 0.2) is 5.60 Å². The van der Waals surface area contributed by atoms with Crippen LogP contribution < -0.4 is 5.32 Å². The quantitative estimate of drug-likeness (QED) is 0.787. The van der Waals surface area contributed by atoms with Crippen LogP contribution in [0.1, 0.15) is 58.9 Å². The lowest BCUT2D eigenvalue weighted by atomic mass is 9.89. The van der Waals surface area contributed by atoms with Gasteiger partial charge >= 0.3 is 5.97 Å². The van der Waals surface area contributed by atoms with Crippen LogP contribution in [0.3, 0.4) is 0 Å². The molecule has 2 aromatic rings. The van der Waals surface area contributed by atoms with E-state index in [1.807, 2.05) is 17.0 Å². The first kappa shape index (κ1) is 20.1. The van der Waals surface area contributed by atoms with Crippen molar-refractivity contribution < 1.29 is 19.1 Å². The number of carbonyl (C=O) groups is 3. The molecule has 6 nitrogen and oxygen atoms in total. The zero-order valence-corrected chi connectivity index (χ0v) is 17.1. The number of anilines is 1. The molecule has 0 aliphatic carbocycles. The summed E-state index contributed by atoms with van der Waals surface area (Å²) in [5.74, 6) is -0.857. The van der Waals surface area contributed by atoms with Gasteiger partial charge in [-0.05, 0) is 55.7 Å². The number of carbonyl (C=O) groups excluding carboxylic acids is 3. The molecule has 1 saturated heterocycles. The number of nitrogens with one attached hydrogen (secondary N) is 1. The largest absolute Gasteiger partial charge is 0.445 e. The van der Waals surface area contributed by atoms with E-state index in [0.717, 1.165) is 31.5 Å². The maximum absolute atomic E-state index is 12.9. The summed E-state index contributed by atoms with van der Waals surface area (Å²) >= 11 is 0. The first-order chi connectivity index (χ1) is 14.5. The Morgan fingerprint density at radius 2 is 1.63 bits per heavy atom. The molecule has 0 spiro atoms. The molecule has 2 aromatic carbocycles. The van der Waals surface area contributed by atoms with Crippen molar-refractivity contribution in [2.75, 3.05) is 18.4 Å². The molecule has 1 fully saturated rings. The number of hydrogen-bond acceptors (Lipinski definition) is 4. The normalized spacial score (nSPS) is 21.2. The topological polar surface area (TPSA) is 75.7 Å². The second-order valence-corrected chi connectivity index (χ2v) is 8.19. The molecule has 2 heterocycles. The molecular formula is C24H26N2O4.